The Morgan fingerprint density at radius 1 is 1.21 bits per heavy atom. The van der Waals surface area contributed by atoms with E-state index in [9.17, 15) is 17.6 Å². The fourth-order valence-corrected chi connectivity index (χ4v) is 5.29. The molecule has 0 radical (unpaired) electrons. The van der Waals surface area contributed by atoms with Gasteiger partial charge in [-0.3, -0.25) is 4.79 Å². The van der Waals surface area contributed by atoms with Gasteiger partial charge in [-0.2, -0.15) is 4.31 Å². The minimum absolute atomic E-state index is 0.0274. The molecule has 2 aromatic carbocycles. The second-order valence-electron chi connectivity index (χ2n) is 6.41. The zero-order valence-corrected chi connectivity index (χ0v) is 17.7. The van der Waals surface area contributed by atoms with E-state index in [1.165, 1.54) is 27.4 Å². The molecule has 6 nitrogen and oxygen atoms in total. The number of rotatable bonds is 5. The number of nitrogens with zero attached hydrogens (tertiary/aromatic N) is 2. The van der Waals surface area contributed by atoms with Gasteiger partial charge in [0.15, 0.2) is 0 Å². The third-order valence-corrected chi connectivity index (χ3v) is 7.37. The molecule has 0 atom stereocenters. The second kappa shape index (κ2) is 8.69. The van der Waals surface area contributed by atoms with Gasteiger partial charge >= 0.3 is 0 Å². The van der Waals surface area contributed by atoms with Crippen molar-refractivity contribution in [3.05, 3.63) is 63.9 Å². The van der Waals surface area contributed by atoms with Gasteiger partial charge in [-0.15, -0.1) is 0 Å². The van der Waals surface area contributed by atoms with Crippen molar-refractivity contribution in [3.63, 3.8) is 0 Å². The monoisotopic (exact) mass is 470 g/mol. The van der Waals surface area contributed by atoms with E-state index in [1.807, 2.05) is 0 Å². The Morgan fingerprint density at radius 2 is 1.89 bits per heavy atom. The van der Waals surface area contributed by atoms with Crippen LogP contribution < -0.4 is 0 Å². The highest BCUT2D eigenvalue weighted by Crippen LogP contribution is 2.27. The summed E-state index contributed by atoms with van der Waals surface area (Å²) in [6.45, 7) is 1.27. The van der Waals surface area contributed by atoms with Gasteiger partial charge in [0.25, 0.3) is 5.91 Å². The van der Waals surface area contributed by atoms with E-state index >= 15 is 0 Å². The van der Waals surface area contributed by atoms with Crippen molar-refractivity contribution in [3.8, 4) is 0 Å². The molecule has 0 spiro atoms. The molecule has 1 fully saturated rings. The van der Waals surface area contributed by atoms with Crippen LogP contribution in [0.3, 0.4) is 0 Å². The third kappa shape index (κ3) is 4.43. The van der Waals surface area contributed by atoms with E-state index in [0.717, 1.165) is 0 Å². The van der Waals surface area contributed by atoms with Gasteiger partial charge in [0.1, 0.15) is 5.82 Å². The van der Waals surface area contributed by atoms with E-state index in [1.54, 1.807) is 31.3 Å². The molecular weight excluding hydrogens is 451 g/mol. The molecule has 2 aromatic rings. The summed E-state index contributed by atoms with van der Waals surface area (Å²) in [4.78, 5) is 14.2. The summed E-state index contributed by atoms with van der Waals surface area (Å²) in [5, 5.41) is 0. The molecule has 0 bridgehead atoms. The highest BCUT2D eigenvalue weighted by molar-refractivity contribution is 9.10. The highest BCUT2D eigenvalue weighted by Gasteiger charge is 2.29. The summed E-state index contributed by atoms with van der Waals surface area (Å²) < 4.78 is 46.7. The predicted molar refractivity (Wildman–Crippen MR) is 106 cm³/mol. The molecule has 9 heteroatoms. The lowest BCUT2D eigenvalue weighted by Crippen LogP contribution is -2.40. The van der Waals surface area contributed by atoms with Crippen molar-refractivity contribution >= 4 is 31.9 Å². The molecule has 1 aliphatic rings. The lowest BCUT2D eigenvalue weighted by atomic mass is 10.1. The molecule has 1 amide bonds. The van der Waals surface area contributed by atoms with E-state index in [-0.39, 0.29) is 30.1 Å². The number of halogens is 2. The molecule has 1 aliphatic heterocycles. The van der Waals surface area contributed by atoms with Gasteiger partial charge < -0.3 is 9.64 Å². The van der Waals surface area contributed by atoms with Crippen LogP contribution in [0.5, 0.6) is 0 Å². The lowest BCUT2D eigenvalue weighted by molar-refractivity contribution is 0.0730. The van der Waals surface area contributed by atoms with Crippen LogP contribution >= 0.6 is 15.9 Å². The van der Waals surface area contributed by atoms with Crippen molar-refractivity contribution in [2.45, 2.75) is 11.4 Å². The maximum Gasteiger partial charge on any atom is 0.253 e. The van der Waals surface area contributed by atoms with E-state index in [4.69, 9.17) is 4.74 Å². The normalized spacial score (nSPS) is 15.4. The molecule has 0 saturated carbocycles. The number of morpholine rings is 1. The van der Waals surface area contributed by atoms with Crippen LogP contribution in [0.4, 0.5) is 4.39 Å². The summed E-state index contributed by atoms with van der Waals surface area (Å²) in [6, 6.07) is 10.7. The van der Waals surface area contributed by atoms with Crippen molar-refractivity contribution in [1.29, 1.82) is 0 Å². The van der Waals surface area contributed by atoms with Crippen molar-refractivity contribution in [1.82, 2.24) is 9.21 Å². The number of hydrogen-bond donors (Lipinski definition) is 0. The molecule has 0 N–H and O–H groups in total. The summed E-state index contributed by atoms with van der Waals surface area (Å²) in [5.41, 5.74) is 0.602. The van der Waals surface area contributed by atoms with E-state index in [0.29, 0.717) is 23.2 Å². The van der Waals surface area contributed by atoms with Crippen LogP contribution in [0.25, 0.3) is 0 Å². The average molecular weight is 471 g/mol. The Bertz CT molecular complexity index is 978. The second-order valence-corrected chi connectivity index (χ2v) is 9.17. The standard InChI is InChI=1S/C19H20BrFN2O4S/c1-22(13-15-4-2-3-5-17(15)21)19(24)14-6-7-16(20)18(12-14)28(25,26)23-8-10-27-11-9-23/h2-7,12H,8-11,13H2,1H3. The Morgan fingerprint density at radius 3 is 2.57 bits per heavy atom. The Balaban J connectivity index is 1.86. The van der Waals surface area contributed by atoms with Crippen LogP contribution in [0.1, 0.15) is 15.9 Å². The number of sulfonamides is 1. The van der Waals surface area contributed by atoms with Gasteiger partial charge in [-0.1, -0.05) is 18.2 Å². The van der Waals surface area contributed by atoms with Gasteiger partial charge in [-0.25, -0.2) is 12.8 Å². The highest BCUT2D eigenvalue weighted by atomic mass is 79.9. The maximum atomic E-state index is 13.9. The fraction of sp³-hybridized carbons (Fsp3) is 0.316. The summed E-state index contributed by atoms with van der Waals surface area (Å²) in [7, 11) is -2.22. The van der Waals surface area contributed by atoms with Crippen LogP contribution in [-0.4, -0.2) is 56.9 Å². The first-order valence-electron chi connectivity index (χ1n) is 8.67. The predicted octanol–water partition coefficient (Wildman–Crippen LogP) is 2.88. The van der Waals surface area contributed by atoms with Crippen LogP contribution in [-0.2, 0) is 21.3 Å². The Kier molecular flexibility index (Phi) is 6.49. The molecule has 3 rings (SSSR count). The minimum Gasteiger partial charge on any atom is -0.379 e. The van der Waals surface area contributed by atoms with Crippen LogP contribution in [0.2, 0.25) is 0 Å². The van der Waals surface area contributed by atoms with Crippen LogP contribution in [0.15, 0.2) is 51.8 Å². The van der Waals surface area contributed by atoms with Gasteiger partial charge in [0, 0.05) is 42.3 Å². The molecule has 0 aliphatic carbocycles. The van der Waals surface area contributed by atoms with Gasteiger partial charge in [0.2, 0.25) is 10.0 Å². The lowest BCUT2D eigenvalue weighted by Gasteiger charge is -2.26. The quantitative estimate of drug-likeness (QED) is 0.673. The fourth-order valence-electron chi connectivity index (χ4n) is 2.93. The molecule has 1 heterocycles. The number of carbonyl (C=O) groups excluding carboxylic acids is 1. The number of hydrogen-bond acceptors (Lipinski definition) is 4. The van der Waals surface area contributed by atoms with Crippen molar-refractivity contribution in [2.24, 2.45) is 0 Å². The van der Waals surface area contributed by atoms with E-state index < -0.39 is 21.7 Å². The van der Waals surface area contributed by atoms with Gasteiger partial charge in [-0.05, 0) is 40.2 Å². The van der Waals surface area contributed by atoms with Crippen molar-refractivity contribution in [2.75, 3.05) is 33.4 Å². The maximum absolute atomic E-state index is 13.9. The van der Waals surface area contributed by atoms with E-state index in [2.05, 4.69) is 15.9 Å². The minimum atomic E-state index is -3.76. The summed E-state index contributed by atoms with van der Waals surface area (Å²) in [6.07, 6.45) is 0. The number of ether oxygens (including phenoxy) is 1. The SMILES string of the molecule is CN(Cc1ccccc1F)C(=O)c1ccc(Br)c(S(=O)(=O)N2CCOCC2)c1. The molecule has 28 heavy (non-hydrogen) atoms. The first-order chi connectivity index (χ1) is 13.3. The molecule has 150 valence electrons. The first-order valence-corrected chi connectivity index (χ1v) is 10.9. The Labute approximate surface area is 172 Å². The number of carbonyl (C=O) groups is 1. The zero-order valence-electron chi connectivity index (χ0n) is 15.3. The molecule has 1 saturated heterocycles. The first kappa shape index (κ1) is 20.9. The zero-order chi connectivity index (χ0) is 20.3. The average Bonchev–Trinajstić information content (AvgIpc) is 2.70. The summed E-state index contributed by atoms with van der Waals surface area (Å²) in [5.74, 6) is -0.789. The number of amides is 1. The van der Waals surface area contributed by atoms with Crippen LogP contribution in [0, 0.1) is 5.82 Å². The Hall–Kier alpha value is -1.81. The topological polar surface area (TPSA) is 66.9 Å². The molecule has 0 aromatic heterocycles. The van der Waals surface area contributed by atoms with Gasteiger partial charge in [0.05, 0.1) is 18.1 Å². The largest absolute Gasteiger partial charge is 0.379 e. The smallest absolute Gasteiger partial charge is 0.253 e. The summed E-state index contributed by atoms with van der Waals surface area (Å²) >= 11 is 3.27. The molecular formula is C19H20BrFN2O4S. The van der Waals surface area contributed by atoms with Crippen molar-refractivity contribution < 1.29 is 22.3 Å². The third-order valence-electron chi connectivity index (χ3n) is 4.48. The molecule has 0 unspecified atom stereocenters. The number of benzene rings is 2.